The van der Waals surface area contributed by atoms with Crippen LogP contribution < -0.4 is 11.1 Å². The zero-order valence-electron chi connectivity index (χ0n) is 12.4. The van der Waals surface area contributed by atoms with E-state index in [1.165, 1.54) is 0 Å². The van der Waals surface area contributed by atoms with Crippen LogP contribution in [0.5, 0.6) is 0 Å². The van der Waals surface area contributed by atoms with Crippen LogP contribution in [0.25, 0.3) is 0 Å². The lowest BCUT2D eigenvalue weighted by Gasteiger charge is -2.41. The molecule has 6 heteroatoms. The Morgan fingerprint density at radius 2 is 2.05 bits per heavy atom. The standard InChI is InChI=1S/C15H21N3O2.ClH/c1-15(2)14(20)17-9-10-18(15)13(19)8-7-11-5-3-4-6-12(11)16;/h3-6H,7-10,16H2,1-2H3,(H,17,20);1H. The molecule has 1 aromatic rings. The van der Waals surface area contributed by atoms with Crippen molar-refractivity contribution < 1.29 is 9.59 Å². The number of halogens is 1. The minimum atomic E-state index is -0.780. The molecule has 116 valence electrons. The number of hydrogen-bond donors (Lipinski definition) is 2. The van der Waals surface area contributed by atoms with Gasteiger partial charge in [-0.25, -0.2) is 0 Å². The minimum absolute atomic E-state index is 0. The molecule has 1 aromatic carbocycles. The lowest BCUT2D eigenvalue weighted by Crippen LogP contribution is -2.63. The first-order valence-corrected chi connectivity index (χ1v) is 6.85. The van der Waals surface area contributed by atoms with E-state index in [1.807, 2.05) is 24.3 Å². The van der Waals surface area contributed by atoms with Gasteiger partial charge in [0.15, 0.2) is 0 Å². The zero-order valence-corrected chi connectivity index (χ0v) is 13.2. The molecule has 1 aliphatic heterocycles. The third kappa shape index (κ3) is 3.67. The first-order chi connectivity index (χ1) is 9.43. The minimum Gasteiger partial charge on any atom is -0.399 e. The molecule has 2 rings (SSSR count). The first-order valence-electron chi connectivity index (χ1n) is 6.85. The van der Waals surface area contributed by atoms with Crippen LogP contribution in [0.2, 0.25) is 0 Å². The Kier molecular flexibility index (Phi) is 5.61. The van der Waals surface area contributed by atoms with E-state index in [4.69, 9.17) is 5.73 Å². The van der Waals surface area contributed by atoms with E-state index in [-0.39, 0.29) is 24.2 Å². The number of hydrogen-bond acceptors (Lipinski definition) is 3. The SMILES string of the molecule is CC1(C)C(=O)NCCN1C(=O)CCc1ccccc1N.Cl. The number of amides is 2. The van der Waals surface area contributed by atoms with Crippen molar-refractivity contribution in [1.29, 1.82) is 0 Å². The topological polar surface area (TPSA) is 75.4 Å². The van der Waals surface area contributed by atoms with Crippen molar-refractivity contribution in [2.24, 2.45) is 0 Å². The molecular weight excluding hydrogens is 290 g/mol. The van der Waals surface area contributed by atoms with E-state index in [0.717, 1.165) is 5.56 Å². The second kappa shape index (κ2) is 6.80. The van der Waals surface area contributed by atoms with Crippen molar-refractivity contribution in [2.75, 3.05) is 18.8 Å². The summed E-state index contributed by atoms with van der Waals surface area (Å²) in [5.41, 5.74) is 6.77. The third-order valence-electron chi connectivity index (χ3n) is 3.82. The average molecular weight is 312 g/mol. The van der Waals surface area contributed by atoms with Crippen LogP contribution in [0.4, 0.5) is 5.69 Å². The highest BCUT2D eigenvalue weighted by Gasteiger charge is 2.39. The quantitative estimate of drug-likeness (QED) is 0.828. The maximum atomic E-state index is 12.3. The number of aryl methyl sites for hydroxylation is 1. The van der Waals surface area contributed by atoms with E-state index in [9.17, 15) is 9.59 Å². The lowest BCUT2D eigenvalue weighted by molar-refractivity contribution is -0.149. The van der Waals surface area contributed by atoms with Crippen LogP contribution in [0, 0.1) is 0 Å². The second-order valence-electron chi connectivity index (χ2n) is 5.56. The molecule has 5 nitrogen and oxygen atoms in total. The number of rotatable bonds is 3. The number of nitrogens with zero attached hydrogens (tertiary/aromatic N) is 1. The number of nitrogens with one attached hydrogen (secondary N) is 1. The maximum absolute atomic E-state index is 12.3. The highest BCUT2D eigenvalue weighted by atomic mass is 35.5. The van der Waals surface area contributed by atoms with Gasteiger partial charge in [-0.15, -0.1) is 12.4 Å². The van der Waals surface area contributed by atoms with Crippen molar-refractivity contribution in [2.45, 2.75) is 32.2 Å². The molecule has 0 saturated carbocycles. The molecule has 0 atom stereocenters. The van der Waals surface area contributed by atoms with Crippen LogP contribution in [0.15, 0.2) is 24.3 Å². The zero-order chi connectivity index (χ0) is 14.8. The number of nitrogens with two attached hydrogens (primary N) is 1. The number of carbonyl (C=O) groups excluding carboxylic acids is 2. The van der Waals surface area contributed by atoms with Gasteiger partial charge >= 0.3 is 0 Å². The summed E-state index contributed by atoms with van der Waals surface area (Å²) in [5, 5.41) is 2.79. The summed E-state index contributed by atoms with van der Waals surface area (Å²) >= 11 is 0. The van der Waals surface area contributed by atoms with Crippen molar-refractivity contribution in [3.05, 3.63) is 29.8 Å². The monoisotopic (exact) mass is 311 g/mol. The molecule has 1 aliphatic rings. The van der Waals surface area contributed by atoms with Gasteiger partial charge in [0.25, 0.3) is 0 Å². The van der Waals surface area contributed by atoms with E-state index in [1.54, 1.807) is 18.7 Å². The van der Waals surface area contributed by atoms with Gasteiger partial charge in [-0.05, 0) is 31.9 Å². The van der Waals surface area contributed by atoms with Gasteiger partial charge in [-0.1, -0.05) is 18.2 Å². The molecule has 21 heavy (non-hydrogen) atoms. The average Bonchev–Trinajstić information content (AvgIpc) is 2.40. The van der Waals surface area contributed by atoms with Crippen LogP contribution in [-0.2, 0) is 16.0 Å². The Balaban J connectivity index is 0.00000220. The van der Waals surface area contributed by atoms with Gasteiger partial charge < -0.3 is 16.0 Å². The molecule has 0 unspecified atom stereocenters. The fourth-order valence-corrected chi connectivity index (χ4v) is 2.47. The largest absolute Gasteiger partial charge is 0.399 e. The van der Waals surface area contributed by atoms with Crippen LogP contribution in [-0.4, -0.2) is 35.3 Å². The molecule has 0 radical (unpaired) electrons. The van der Waals surface area contributed by atoms with E-state index < -0.39 is 5.54 Å². The highest BCUT2D eigenvalue weighted by Crippen LogP contribution is 2.20. The summed E-state index contributed by atoms with van der Waals surface area (Å²) in [7, 11) is 0. The molecule has 2 amide bonds. The fraction of sp³-hybridized carbons (Fsp3) is 0.467. The smallest absolute Gasteiger partial charge is 0.245 e. The first kappa shape index (κ1) is 17.3. The number of benzene rings is 1. The number of carbonyl (C=O) groups is 2. The molecule has 3 N–H and O–H groups in total. The lowest BCUT2D eigenvalue weighted by atomic mass is 9.97. The molecule has 1 heterocycles. The maximum Gasteiger partial charge on any atom is 0.245 e. The van der Waals surface area contributed by atoms with Gasteiger partial charge in [0.05, 0.1) is 0 Å². The van der Waals surface area contributed by atoms with Crippen molar-refractivity contribution in [3.8, 4) is 0 Å². The summed E-state index contributed by atoms with van der Waals surface area (Å²) in [6.07, 6.45) is 0.963. The van der Waals surface area contributed by atoms with E-state index in [2.05, 4.69) is 5.32 Å². The normalized spacial score (nSPS) is 16.9. The Morgan fingerprint density at radius 1 is 1.38 bits per heavy atom. The number of nitrogen functional groups attached to an aromatic ring is 1. The number of anilines is 1. The Bertz CT molecular complexity index is 531. The molecule has 1 fully saturated rings. The third-order valence-corrected chi connectivity index (χ3v) is 3.82. The Morgan fingerprint density at radius 3 is 2.71 bits per heavy atom. The number of piperazine rings is 1. The van der Waals surface area contributed by atoms with Gasteiger partial charge in [0.1, 0.15) is 5.54 Å². The van der Waals surface area contributed by atoms with Crippen molar-refractivity contribution >= 4 is 29.9 Å². The van der Waals surface area contributed by atoms with Crippen molar-refractivity contribution in [3.63, 3.8) is 0 Å². The molecular formula is C15H22ClN3O2. The molecule has 0 aromatic heterocycles. The van der Waals surface area contributed by atoms with Gasteiger partial charge in [0.2, 0.25) is 11.8 Å². The predicted octanol–water partition coefficient (Wildman–Crippen LogP) is 1.36. The number of para-hydroxylation sites is 1. The Labute approximate surface area is 131 Å². The predicted molar refractivity (Wildman–Crippen MR) is 85.2 cm³/mol. The van der Waals surface area contributed by atoms with Gasteiger partial charge in [-0.3, -0.25) is 9.59 Å². The summed E-state index contributed by atoms with van der Waals surface area (Å²) in [5.74, 6) is -0.107. The molecule has 0 spiro atoms. The summed E-state index contributed by atoms with van der Waals surface area (Å²) in [6.45, 7) is 4.62. The van der Waals surface area contributed by atoms with E-state index >= 15 is 0 Å². The van der Waals surface area contributed by atoms with Crippen LogP contribution in [0.1, 0.15) is 25.8 Å². The molecule has 1 saturated heterocycles. The summed E-state index contributed by atoms with van der Waals surface area (Å²) < 4.78 is 0. The fourth-order valence-electron chi connectivity index (χ4n) is 2.47. The van der Waals surface area contributed by atoms with Crippen LogP contribution >= 0.6 is 12.4 Å². The van der Waals surface area contributed by atoms with Crippen molar-refractivity contribution in [1.82, 2.24) is 10.2 Å². The van der Waals surface area contributed by atoms with Gasteiger partial charge in [-0.2, -0.15) is 0 Å². The second-order valence-corrected chi connectivity index (χ2v) is 5.56. The highest BCUT2D eigenvalue weighted by molar-refractivity contribution is 5.91. The Hall–Kier alpha value is -1.75. The van der Waals surface area contributed by atoms with E-state index in [0.29, 0.717) is 31.6 Å². The van der Waals surface area contributed by atoms with Gasteiger partial charge in [0, 0.05) is 25.2 Å². The summed E-state index contributed by atoms with van der Waals surface area (Å²) in [4.78, 5) is 25.8. The van der Waals surface area contributed by atoms with Crippen LogP contribution in [0.3, 0.4) is 0 Å². The molecule has 0 aliphatic carbocycles. The summed E-state index contributed by atoms with van der Waals surface area (Å²) in [6, 6.07) is 7.54. The molecule has 0 bridgehead atoms.